The quantitative estimate of drug-likeness (QED) is 0.898. The van der Waals surface area contributed by atoms with Crippen molar-refractivity contribution < 1.29 is 8.42 Å². The van der Waals surface area contributed by atoms with Gasteiger partial charge in [0.25, 0.3) is 0 Å². The van der Waals surface area contributed by atoms with Crippen LogP contribution >= 0.6 is 0 Å². The predicted molar refractivity (Wildman–Crippen MR) is 74.6 cm³/mol. The summed E-state index contributed by atoms with van der Waals surface area (Å²) in [5, 5.41) is 4.11. The summed E-state index contributed by atoms with van der Waals surface area (Å²) in [6, 6.07) is 11.7. The molecule has 1 heterocycles. The van der Waals surface area contributed by atoms with Crippen molar-refractivity contribution in [1.82, 2.24) is 4.98 Å². The molecule has 0 saturated heterocycles. The molecule has 2 aromatic rings. The summed E-state index contributed by atoms with van der Waals surface area (Å²) >= 11 is 0. The minimum Gasteiger partial charge on any atom is -0.369 e. The molecule has 0 atom stereocenters. The number of para-hydroxylation sites is 1. The Kier molecular flexibility index (Phi) is 3.81. The first-order chi connectivity index (χ1) is 8.61. The van der Waals surface area contributed by atoms with E-state index in [0.29, 0.717) is 12.4 Å². The van der Waals surface area contributed by atoms with Crippen LogP contribution in [-0.2, 0) is 9.84 Å². The number of hydrogen-bond donors (Lipinski definition) is 1. The number of rotatable bonds is 5. The highest BCUT2D eigenvalue weighted by Crippen LogP contribution is 2.14. The largest absolute Gasteiger partial charge is 0.369 e. The van der Waals surface area contributed by atoms with Crippen molar-refractivity contribution in [3.63, 3.8) is 0 Å². The van der Waals surface area contributed by atoms with E-state index in [4.69, 9.17) is 0 Å². The van der Waals surface area contributed by atoms with Crippen molar-refractivity contribution in [3.05, 3.63) is 36.4 Å². The van der Waals surface area contributed by atoms with Gasteiger partial charge in [-0.25, -0.2) is 13.4 Å². The fourth-order valence-electron chi connectivity index (χ4n) is 1.64. The van der Waals surface area contributed by atoms with Crippen LogP contribution in [-0.4, -0.2) is 31.5 Å². The van der Waals surface area contributed by atoms with Crippen molar-refractivity contribution in [1.29, 1.82) is 0 Å². The van der Waals surface area contributed by atoms with Gasteiger partial charge in [0, 0.05) is 17.7 Å². The number of nitrogens with one attached hydrogen (secondary N) is 1. The molecule has 4 nitrogen and oxygen atoms in total. The fourth-order valence-corrected chi connectivity index (χ4v) is 2.35. The molecule has 96 valence electrons. The van der Waals surface area contributed by atoms with Gasteiger partial charge in [-0.3, -0.25) is 0 Å². The zero-order chi connectivity index (χ0) is 13.0. The number of sulfone groups is 1. The van der Waals surface area contributed by atoms with Gasteiger partial charge >= 0.3 is 0 Å². The molecule has 0 unspecified atom stereocenters. The molecule has 0 aliphatic carbocycles. The first kappa shape index (κ1) is 12.8. The fraction of sp³-hybridized carbons (Fsp3) is 0.308. The van der Waals surface area contributed by atoms with Crippen LogP contribution in [0.1, 0.15) is 6.92 Å². The number of anilines is 1. The monoisotopic (exact) mass is 264 g/mol. The van der Waals surface area contributed by atoms with E-state index in [0.717, 1.165) is 10.9 Å². The normalized spacial score (nSPS) is 11.6. The van der Waals surface area contributed by atoms with E-state index in [2.05, 4.69) is 10.3 Å². The number of fused-ring (bicyclic) bond motifs is 1. The summed E-state index contributed by atoms with van der Waals surface area (Å²) in [5.41, 5.74) is 0.904. The molecule has 18 heavy (non-hydrogen) atoms. The van der Waals surface area contributed by atoms with Gasteiger partial charge in [-0.1, -0.05) is 25.1 Å². The van der Waals surface area contributed by atoms with Gasteiger partial charge in [0.2, 0.25) is 0 Å². The minimum atomic E-state index is -2.92. The number of nitrogens with zero attached hydrogens (tertiary/aromatic N) is 1. The minimum absolute atomic E-state index is 0.137. The molecule has 0 spiro atoms. The van der Waals surface area contributed by atoms with E-state index in [1.54, 1.807) is 6.92 Å². The average molecular weight is 264 g/mol. The van der Waals surface area contributed by atoms with Gasteiger partial charge in [-0.05, 0) is 18.2 Å². The Morgan fingerprint density at radius 3 is 2.72 bits per heavy atom. The smallest absolute Gasteiger partial charge is 0.151 e. The van der Waals surface area contributed by atoms with Crippen molar-refractivity contribution in [2.75, 3.05) is 23.4 Å². The summed E-state index contributed by atoms with van der Waals surface area (Å²) in [6.07, 6.45) is 0. The van der Waals surface area contributed by atoms with Gasteiger partial charge in [-0.15, -0.1) is 0 Å². The molecule has 0 bridgehead atoms. The Morgan fingerprint density at radius 1 is 1.17 bits per heavy atom. The van der Waals surface area contributed by atoms with E-state index < -0.39 is 9.84 Å². The van der Waals surface area contributed by atoms with Crippen molar-refractivity contribution in [3.8, 4) is 0 Å². The van der Waals surface area contributed by atoms with Gasteiger partial charge in [0.15, 0.2) is 9.84 Å². The van der Waals surface area contributed by atoms with E-state index in [1.165, 1.54) is 0 Å². The molecule has 0 radical (unpaired) electrons. The third-order valence-corrected chi connectivity index (χ3v) is 4.46. The first-order valence-electron chi connectivity index (χ1n) is 5.91. The van der Waals surface area contributed by atoms with Gasteiger partial charge in [-0.2, -0.15) is 0 Å². The molecule has 5 heteroatoms. The molecule has 1 N–H and O–H groups in total. The molecular weight excluding hydrogens is 248 g/mol. The van der Waals surface area contributed by atoms with Crippen LogP contribution in [0.25, 0.3) is 10.9 Å². The van der Waals surface area contributed by atoms with Crippen LogP contribution in [0, 0.1) is 0 Å². The lowest BCUT2D eigenvalue weighted by molar-refractivity contribution is 0.597. The SMILES string of the molecule is CCS(=O)(=O)CCNc1ccc2ccccc2n1. The molecule has 1 aromatic heterocycles. The molecular formula is C13H16N2O2S. The van der Waals surface area contributed by atoms with Crippen LogP contribution < -0.4 is 5.32 Å². The number of aromatic nitrogens is 1. The molecule has 0 fully saturated rings. The molecule has 0 aliphatic rings. The maximum absolute atomic E-state index is 11.3. The summed E-state index contributed by atoms with van der Waals surface area (Å²) < 4.78 is 22.7. The Labute approximate surface area is 107 Å². The lowest BCUT2D eigenvalue weighted by Gasteiger charge is -2.06. The van der Waals surface area contributed by atoms with Crippen LogP contribution in [0.3, 0.4) is 0 Å². The summed E-state index contributed by atoms with van der Waals surface area (Å²) in [7, 11) is -2.92. The zero-order valence-corrected chi connectivity index (χ0v) is 11.1. The summed E-state index contributed by atoms with van der Waals surface area (Å²) in [5.74, 6) is 1.03. The maximum Gasteiger partial charge on any atom is 0.151 e. The van der Waals surface area contributed by atoms with Crippen molar-refractivity contribution in [2.24, 2.45) is 0 Å². The molecule has 2 rings (SSSR count). The third kappa shape index (κ3) is 3.20. The number of hydrogen-bond acceptors (Lipinski definition) is 4. The predicted octanol–water partition coefficient (Wildman–Crippen LogP) is 2.08. The average Bonchev–Trinajstić information content (AvgIpc) is 2.38. The number of benzene rings is 1. The molecule has 1 aromatic carbocycles. The lowest BCUT2D eigenvalue weighted by Crippen LogP contribution is -2.17. The van der Waals surface area contributed by atoms with Crippen LogP contribution in [0.15, 0.2) is 36.4 Å². The van der Waals surface area contributed by atoms with Gasteiger partial charge in [0.05, 0.1) is 11.3 Å². The van der Waals surface area contributed by atoms with Gasteiger partial charge in [0.1, 0.15) is 5.82 Å². The summed E-state index contributed by atoms with van der Waals surface area (Å²) in [6.45, 7) is 2.05. The Morgan fingerprint density at radius 2 is 1.94 bits per heavy atom. The molecule has 0 aliphatic heterocycles. The second-order valence-electron chi connectivity index (χ2n) is 4.05. The topological polar surface area (TPSA) is 59.1 Å². The Bertz CT molecular complexity index is 638. The van der Waals surface area contributed by atoms with E-state index in [9.17, 15) is 8.42 Å². The highest BCUT2D eigenvalue weighted by molar-refractivity contribution is 7.91. The maximum atomic E-state index is 11.3. The van der Waals surface area contributed by atoms with Crippen LogP contribution in [0.4, 0.5) is 5.82 Å². The lowest BCUT2D eigenvalue weighted by atomic mass is 10.2. The van der Waals surface area contributed by atoms with Crippen LogP contribution in [0.2, 0.25) is 0 Å². The highest BCUT2D eigenvalue weighted by Gasteiger charge is 2.06. The first-order valence-corrected chi connectivity index (χ1v) is 7.73. The van der Waals surface area contributed by atoms with Gasteiger partial charge < -0.3 is 5.32 Å². The second kappa shape index (κ2) is 5.35. The highest BCUT2D eigenvalue weighted by atomic mass is 32.2. The van der Waals surface area contributed by atoms with E-state index in [1.807, 2.05) is 36.4 Å². The molecule has 0 saturated carbocycles. The summed E-state index contributed by atoms with van der Waals surface area (Å²) in [4.78, 5) is 4.41. The van der Waals surface area contributed by atoms with Crippen molar-refractivity contribution >= 4 is 26.6 Å². The van der Waals surface area contributed by atoms with E-state index >= 15 is 0 Å². The Hall–Kier alpha value is -1.62. The van der Waals surface area contributed by atoms with Crippen molar-refractivity contribution in [2.45, 2.75) is 6.92 Å². The van der Waals surface area contributed by atoms with E-state index in [-0.39, 0.29) is 11.5 Å². The second-order valence-corrected chi connectivity index (χ2v) is 6.53. The molecule has 0 amide bonds. The third-order valence-electron chi connectivity index (χ3n) is 2.76. The Balaban J connectivity index is 2.04. The van der Waals surface area contributed by atoms with Crippen LogP contribution in [0.5, 0.6) is 0 Å². The zero-order valence-electron chi connectivity index (χ0n) is 10.3. The number of pyridine rings is 1. The standard InChI is InChI=1S/C13H16N2O2S/c1-2-18(16,17)10-9-14-13-8-7-11-5-3-4-6-12(11)15-13/h3-8H,2,9-10H2,1H3,(H,14,15).